The average Bonchev–Trinajstić information content (AvgIpc) is 3.13. The summed E-state index contributed by atoms with van der Waals surface area (Å²) < 4.78 is 5.46. The molecule has 1 saturated carbocycles. The smallest absolute Gasteiger partial charge is 0.254 e. The van der Waals surface area contributed by atoms with Gasteiger partial charge in [-0.3, -0.25) is 4.79 Å². The summed E-state index contributed by atoms with van der Waals surface area (Å²) in [7, 11) is 0. The van der Waals surface area contributed by atoms with E-state index in [1.165, 1.54) is 0 Å². The number of amides is 1. The minimum absolute atomic E-state index is 0.0202. The minimum Gasteiger partial charge on any atom is -0.493 e. The van der Waals surface area contributed by atoms with Gasteiger partial charge < -0.3 is 9.64 Å². The zero-order valence-corrected chi connectivity index (χ0v) is 11.5. The highest BCUT2D eigenvalue weighted by Crippen LogP contribution is 2.28. The fourth-order valence-electron chi connectivity index (χ4n) is 3.14. The maximum absolute atomic E-state index is 12.7. The van der Waals surface area contributed by atoms with Gasteiger partial charge in [0.25, 0.3) is 5.91 Å². The summed E-state index contributed by atoms with van der Waals surface area (Å²) in [6.45, 7) is 0.870. The lowest BCUT2D eigenvalue weighted by molar-refractivity contribution is 0.0709. The van der Waals surface area contributed by atoms with E-state index < -0.39 is 0 Å². The van der Waals surface area contributed by atoms with E-state index in [-0.39, 0.29) is 18.5 Å². The summed E-state index contributed by atoms with van der Waals surface area (Å²) in [5.74, 6) is 0.863. The van der Waals surface area contributed by atoms with Crippen molar-refractivity contribution in [2.24, 2.45) is 0 Å². The van der Waals surface area contributed by atoms with Gasteiger partial charge in [0, 0.05) is 18.0 Å². The third kappa shape index (κ3) is 2.36. The lowest BCUT2D eigenvalue weighted by Gasteiger charge is -2.26. The molecule has 104 valence electrons. The fraction of sp³-hybridized carbons (Fsp3) is 0.500. The van der Waals surface area contributed by atoms with Gasteiger partial charge in [-0.1, -0.05) is 12.8 Å². The van der Waals surface area contributed by atoms with Crippen LogP contribution in [0, 0.1) is 11.3 Å². The molecule has 0 saturated heterocycles. The zero-order valence-electron chi connectivity index (χ0n) is 11.5. The molecule has 4 heteroatoms. The van der Waals surface area contributed by atoms with Gasteiger partial charge in [-0.25, -0.2) is 0 Å². The molecule has 2 aliphatic rings. The zero-order chi connectivity index (χ0) is 13.9. The molecule has 1 aliphatic carbocycles. The highest BCUT2D eigenvalue weighted by atomic mass is 16.5. The Morgan fingerprint density at radius 3 is 2.95 bits per heavy atom. The number of ether oxygens (including phenoxy) is 1. The Balaban J connectivity index is 1.83. The van der Waals surface area contributed by atoms with Crippen LogP contribution >= 0.6 is 0 Å². The van der Waals surface area contributed by atoms with E-state index in [4.69, 9.17) is 10.00 Å². The highest BCUT2D eigenvalue weighted by Gasteiger charge is 2.27. The van der Waals surface area contributed by atoms with E-state index in [1.54, 1.807) is 4.90 Å². The van der Waals surface area contributed by atoms with Crippen molar-refractivity contribution in [2.75, 3.05) is 13.2 Å². The molecule has 1 aromatic carbocycles. The van der Waals surface area contributed by atoms with Crippen LogP contribution in [0.2, 0.25) is 0 Å². The van der Waals surface area contributed by atoms with E-state index >= 15 is 0 Å². The average molecular weight is 270 g/mol. The molecule has 1 aromatic rings. The molecule has 4 nitrogen and oxygen atoms in total. The van der Waals surface area contributed by atoms with Crippen molar-refractivity contribution >= 4 is 5.91 Å². The minimum atomic E-state index is -0.0202. The molecule has 0 unspecified atom stereocenters. The molecular formula is C16H18N2O2. The number of benzene rings is 1. The number of nitriles is 1. The molecule has 1 heterocycles. The van der Waals surface area contributed by atoms with Crippen molar-refractivity contribution < 1.29 is 9.53 Å². The summed E-state index contributed by atoms with van der Waals surface area (Å²) >= 11 is 0. The van der Waals surface area contributed by atoms with E-state index in [1.807, 2.05) is 18.2 Å². The first-order chi connectivity index (χ1) is 9.79. The van der Waals surface area contributed by atoms with Crippen molar-refractivity contribution in [3.63, 3.8) is 0 Å². The first-order valence-electron chi connectivity index (χ1n) is 7.23. The maximum atomic E-state index is 12.7. The second-order valence-corrected chi connectivity index (χ2v) is 5.45. The molecule has 20 heavy (non-hydrogen) atoms. The van der Waals surface area contributed by atoms with Crippen LogP contribution in [-0.4, -0.2) is 30.0 Å². The Morgan fingerprint density at radius 2 is 2.20 bits per heavy atom. The lowest BCUT2D eigenvalue weighted by atomic mass is 10.1. The molecule has 0 atom stereocenters. The molecule has 0 N–H and O–H groups in total. The summed E-state index contributed by atoms with van der Waals surface area (Å²) in [6, 6.07) is 7.96. The van der Waals surface area contributed by atoms with Gasteiger partial charge in [0.05, 0.1) is 12.7 Å². The van der Waals surface area contributed by atoms with Crippen LogP contribution in [0.1, 0.15) is 41.6 Å². The van der Waals surface area contributed by atoms with Gasteiger partial charge in [0.15, 0.2) is 0 Å². The first kappa shape index (κ1) is 13.0. The summed E-state index contributed by atoms with van der Waals surface area (Å²) in [5, 5.41) is 8.98. The number of carbonyl (C=O) groups excluding carboxylic acids is 1. The third-order valence-corrected chi connectivity index (χ3v) is 4.20. The number of hydrogen-bond donors (Lipinski definition) is 0. The fourth-order valence-corrected chi connectivity index (χ4v) is 3.14. The Hall–Kier alpha value is -2.02. The standard InChI is InChI=1S/C16H18N2O2/c17-8-9-18(14-3-1-2-4-14)16(19)13-5-6-15-12(11-13)7-10-20-15/h5-6,11,14H,1-4,7,9-10H2. The molecule has 0 radical (unpaired) electrons. The van der Waals surface area contributed by atoms with Crippen LogP contribution in [0.25, 0.3) is 0 Å². The highest BCUT2D eigenvalue weighted by molar-refractivity contribution is 5.95. The van der Waals surface area contributed by atoms with Crippen molar-refractivity contribution in [1.82, 2.24) is 4.90 Å². The molecule has 0 spiro atoms. The number of carbonyl (C=O) groups is 1. The molecule has 0 aromatic heterocycles. The summed E-state index contributed by atoms with van der Waals surface area (Å²) in [5.41, 5.74) is 1.77. The van der Waals surface area contributed by atoms with Gasteiger partial charge in [-0.2, -0.15) is 5.26 Å². The Labute approximate surface area is 118 Å². The quantitative estimate of drug-likeness (QED) is 0.793. The topological polar surface area (TPSA) is 53.3 Å². The van der Waals surface area contributed by atoms with E-state index in [0.717, 1.165) is 43.4 Å². The number of fused-ring (bicyclic) bond motifs is 1. The van der Waals surface area contributed by atoms with E-state index in [9.17, 15) is 4.79 Å². The van der Waals surface area contributed by atoms with Crippen LogP contribution in [0.3, 0.4) is 0 Å². The second kappa shape index (κ2) is 5.54. The normalized spacial score (nSPS) is 17.4. The van der Waals surface area contributed by atoms with Crippen molar-refractivity contribution in [2.45, 2.75) is 38.1 Å². The van der Waals surface area contributed by atoms with E-state index in [2.05, 4.69) is 6.07 Å². The van der Waals surface area contributed by atoms with Gasteiger partial charge in [0.2, 0.25) is 0 Å². The molecule has 3 rings (SSSR count). The van der Waals surface area contributed by atoms with Gasteiger partial charge in [-0.05, 0) is 36.6 Å². The van der Waals surface area contributed by atoms with Crippen LogP contribution in [0.15, 0.2) is 18.2 Å². The number of nitrogens with zero attached hydrogens (tertiary/aromatic N) is 2. The lowest BCUT2D eigenvalue weighted by Crippen LogP contribution is -2.39. The monoisotopic (exact) mass is 270 g/mol. The van der Waals surface area contributed by atoms with Gasteiger partial charge in [0.1, 0.15) is 12.3 Å². The Kier molecular flexibility index (Phi) is 3.60. The van der Waals surface area contributed by atoms with Crippen LogP contribution in [0.4, 0.5) is 0 Å². The largest absolute Gasteiger partial charge is 0.493 e. The van der Waals surface area contributed by atoms with Crippen LogP contribution in [0.5, 0.6) is 5.75 Å². The van der Waals surface area contributed by atoms with Crippen molar-refractivity contribution in [3.8, 4) is 11.8 Å². The van der Waals surface area contributed by atoms with Crippen molar-refractivity contribution in [1.29, 1.82) is 5.26 Å². The Morgan fingerprint density at radius 1 is 1.40 bits per heavy atom. The predicted molar refractivity (Wildman–Crippen MR) is 74.5 cm³/mol. The summed E-state index contributed by atoms with van der Waals surface area (Å²) in [6.07, 6.45) is 5.19. The molecule has 0 bridgehead atoms. The number of rotatable bonds is 3. The molecule has 1 fully saturated rings. The predicted octanol–water partition coefficient (Wildman–Crippen LogP) is 2.53. The first-order valence-corrected chi connectivity index (χ1v) is 7.23. The van der Waals surface area contributed by atoms with Gasteiger partial charge in [-0.15, -0.1) is 0 Å². The third-order valence-electron chi connectivity index (χ3n) is 4.20. The van der Waals surface area contributed by atoms with Crippen LogP contribution < -0.4 is 4.74 Å². The van der Waals surface area contributed by atoms with Crippen LogP contribution in [-0.2, 0) is 6.42 Å². The second-order valence-electron chi connectivity index (χ2n) is 5.45. The maximum Gasteiger partial charge on any atom is 0.254 e. The molecule has 1 amide bonds. The van der Waals surface area contributed by atoms with E-state index in [0.29, 0.717) is 12.2 Å². The SMILES string of the molecule is N#CCN(C(=O)c1ccc2c(c1)CCO2)C1CCCC1. The number of hydrogen-bond acceptors (Lipinski definition) is 3. The molecule has 1 aliphatic heterocycles. The van der Waals surface area contributed by atoms with Gasteiger partial charge >= 0.3 is 0 Å². The van der Waals surface area contributed by atoms with Crippen molar-refractivity contribution in [3.05, 3.63) is 29.3 Å². The summed E-state index contributed by atoms with van der Waals surface area (Å²) in [4.78, 5) is 14.4. The Bertz CT molecular complexity index is 556. The molecular weight excluding hydrogens is 252 g/mol.